The molecule has 2 amide bonds. The van der Waals surface area contributed by atoms with Crippen LogP contribution in [0.2, 0.25) is 0 Å². The van der Waals surface area contributed by atoms with Gasteiger partial charge in [0, 0.05) is 23.4 Å². The van der Waals surface area contributed by atoms with Crippen molar-refractivity contribution >= 4 is 28.8 Å². The second-order valence-corrected chi connectivity index (χ2v) is 8.57. The number of carbonyl (C=O) groups is 3. The van der Waals surface area contributed by atoms with Gasteiger partial charge in [-0.15, -0.1) is 0 Å². The number of furan rings is 1. The molecule has 0 aliphatic heterocycles. The highest BCUT2D eigenvalue weighted by Crippen LogP contribution is 2.28. The van der Waals surface area contributed by atoms with Gasteiger partial charge in [0.15, 0.2) is 5.76 Å². The summed E-state index contributed by atoms with van der Waals surface area (Å²) in [6.07, 6.45) is 0.155. The van der Waals surface area contributed by atoms with Gasteiger partial charge in [0.25, 0.3) is 5.91 Å². The standard InChI is InChI=1S/C26H30N2O7/c1-14(2)22(24(30)27-20(26(32)34-5)12-16-6-8-17(29)9-7-16)28-25(31)23-15(3)19-11-10-18(33-4)13-21(19)35-23/h6-11,13-14,20,22,29H,12H2,1-5H3,(H,27,30)(H,28,31)/t20-,22-/m1/s1. The van der Waals surface area contributed by atoms with Crippen LogP contribution in [0.5, 0.6) is 11.5 Å². The van der Waals surface area contributed by atoms with Gasteiger partial charge in [0.1, 0.15) is 29.2 Å². The molecule has 0 saturated carbocycles. The van der Waals surface area contributed by atoms with Crippen LogP contribution in [0.15, 0.2) is 46.9 Å². The first-order chi connectivity index (χ1) is 16.6. The molecule has 2 atom stereocenters. The van der Waals surface area contributed by atoms with Crippen LogP contribution in [0.3, 0.4) is 0 Å². The number of carbonyl (C=O) groups excluding carboxylic acids is 3. The number of phenolic OH excluding ortho intramolecular Hbond substituents is 1. The van der Waals surface area contributed by atoms with Crippen molar-refractivity contribution in [3.63, 3.8) is 0 Å². The first kappa shape index (κ1) is 25.6. The van der Waals surface area contributed by atoms with Gasteiger partial charge in [-0.3, -0.25) is 9.59 Å². The maximum absolute atomic E-state index is 13.1. The second-order valence-electron chi connectivity index (χ2n) is 8.57. The largest absolute Gasteiger partial charge is 0.508 e. The number of nitrogens with one attached hydrogen (secondary N) is 2. The summed E-state index contributed by atoms with van der Waals surface area (Å²) in [5.41, 5.74) is 1.86. The molecular weight excluding hydrogens is 452 g/mol. The van der Waals surface area contributed by atoms with Crippen molar-refractivity contribution in [2.75, 3.05) is 14.2 Å². The number of benzene rings is 2. The molecule has 1 aromatic heterocycles. The zero-order valence-electron chi connectivity index (χ0n) is 20.4. The molecule has 0 fully saturated rings. The van der Waals surface area contributed by atoms with E-state index in [2.05, 4.69) is 10.6 Å². The number of phenols is 1. The molecule has 0 aliphatic carbocycles. The summed E-state index contributed by atoms with van der Waals surface area (Å²) in [5, 5.41) is 15.7. The maximum Gasteiger partial charge on any atom is 0.328 e. The minimum Gasteiger partial charge on any atom is -0.508 e. The van der Waals surface area contributed by atoms with E-state index in [0.717, 1.165) is 10.9 Å². The van der Waals surface area contributed by atoms with Crippen LogP contribution < -0.4 is 15.4 Å². The van der Waals surface area contributed by atoms with E-state index >= 15 is 0 Å². The van der Waals surface area contributed by atoms with Crippen LogP contribution in [0.25, 0.3) is 11.0 Å². The highest BCUT2D eigenvalue weighted by atomic mass is 16.5. The molecule has 0 radical (unpaired) electrons. The average Bonchev–Trinajstić information content (AvgIpc) is 3.18. The summed E-state index contributed by atoms with van der Waals surface area (Å²) in [6.45, 7) is 5.34. The van der Waals surface area contributed by atoms with Crippen molar-refractivity contribution in [2.24, 2.45) is 5.92 Å². The van der Waals surface area contributed by atoms with E-state index in [0.29, 0.717) is 16.9 Å². The number of hydrogen-bond acceptors (Lipinski definition) is 7. The summed E-state index contributed by atoms with van der Waals surface area (Å²) in [5.74, 6) is -1.19. The fourth-order valence-electron chi connectivity index (χ4n) is 3.76. The zero-order chi connectivity index (χ0) is 25.7. The van der Waals surface area contributed by atoms with E-state index in [9.17, 15) is 19.5 Å². The van der Waals surface area contributed by atoms with E-state index in [-0.39, 0.29) is 23.8 Å². The van der Waals surface area contributed by atoms with Crippen molar-refractivity contribution in [3.05, 3.63) is 59.4 Å². The van der Waals surface area contributed by atoms with E-state index in [1.165, 1.54) is 19.2 Å². The number of hydrogen-bond donors (Lipinski definition) is 3. The molecule has 1 heterocycles. The maximum atomic E-state index is 13.1. The molecule has 0 unspecified atom stereocenters. The van der Waals surface area contributed by atoms with Gasteiger partial charge in [-0.25, -0.2) is 4.79 Å². The van der Waals surface area contributed by atoms with Crippen molar-refractivity contribution in [1.29, 1.82) is 0 Å². The fraction of sp³-hybridized carbons (Fsp3) is 0.346. The normalized spacial score (nSPS) is 12.7. The SMILES string of the molecule is COC(=O)[C@@H](Cc1ccc(O)cc1)NC(=O)[C@H](NC(=O)c1oc2cc(OC)ccc2c1C)C(C)C. The Balaban J connectivity index is 1.78. The molecule has 0 saturated heterocycles. The van der Waals surface area contributed by atoms with Gasteiger partial charge in [-0.05, 0) is 42.7 Å². The third-order valence-corrected chi connectivity index (χ3v) is 5.77. The average molecular weight is 483 g/mol. The molecule has 0 aliphatic rings. The number of esters is 1. The van der Waals surface area contributed by atoms with Crippen LogP contribution in [-0.2, 0) is 20.7 Å². The lowest BCUT2D eigenvalue weighted by Crippen LogP contribution is -2.54. The lowest BCUT2D eigenvalue weighted by molar-refractivity contribution is -0.145. The predicted molar refractivity (Wildman–Crippen MR) is 129 cm³/mol. The molecule has 2 aromatic carbocycles. The Hall–Kier alpha value is -4.01. The molecule has 3 aromatic rings. The van der Waals surface area contributed by atoms with E-state index < -0.39 is 29.9 Å². The lowest BCUT2D eigenvalue weighted by Gasteiger charge is -2.24. The smallest absolute Gasteiger partial charge is 0.328 e. The lowest BCUT2D eigenvalue weighted by atomic mass is 10.0. The molecular formula is C26H30N2O7. The Kier molecular flexibility index (Phi) is 8.01. The van der Waals surface area contributed by atoms with Gasteiger partial charge in [-0.2, -0.15) is 0 Å². The summed E-state index contributed by atoms with van der Waals surface area (Å²) in [4.78, 5) is 38.6. The van der Waals surface area contributed by atoms with Crippen LogP contribution in [0, 0.1) is 12.8 Å². The summed E-state index contributed by atoms with van der Waals surface area (Å²) in [6, 6.07) is 9.65. The van der Waals surface area contributed by atoms with Gasteiger partial charge in [-0.1, -0.05) is 26.0 Å². The molecule has 0 bridgehead atoms. The first-order valence-electron chi connectivity index (χ1n) is 11.2. The number of rotatable bonds is 9. The number of aryl methyl sites for hydroxylation is 1. The van der Waals surface area contributed by atoms with Crippen LogP contribution in [-0.4, -0.2) is 49.2 Å². The third kappa shape index (κ3) is 5.92. The minimum absolute atomic E-state index is 0.0920. The number of amides is 2. The van der Waals surface area contributed by atoms with E-state index in [4.69, 9.17) is 13.9 Å². The highest BCUT2D eigenvalue weighted by Gasteiger charge is 2.31. The monoisotopic (exact) mass is 482 g/mol. The first-order valence-corrected chi connectivity index (χ1v) is 11.2. The number of fused-ring (bicyclic) bond motifs is 1. The van der Waals surface area contributed by atoms with Crippen molar-refractivity contribution < 1.29 is 33.4 Å². The molecule has 9 heteroatoms. The van der Waals surface area contributed by atoms with Crippen molar-refractivity contribution in [1.82, 2.24) is 10.6 Å². The van der Waals surface area contributed by atoms with Crippen molar-refractivity contribution in [3.8, 4) is 11.5 Å². The third-order valence-electron chi connectivity index (χ3n) is 5.77. The number of aromatic hydroxyl groups is 1. The van der Waals surface area contributed by atoms with Gasteiger partial charge >= 0.3 is 5.97 Å². The van der Waals surface area contributed by atoms with Gasteiger partial charge in [0.2, 0.25) is 5.91 Å². The van der Waals surface area contributed by atoms with Gasteiger partial charge < -0.3 is 29.6 Å². The van der Waals surface area contributed by atoms with E-state index in [1.54, 1.807) is 58.2 Å². The Labute approximate surface area is 203 Å². The minimum atomic E-state index is -0.976. The summed E-state index contributed by atoms with van der Waals surface area (Å²) >= 11 is 0. The Bertz CT molecular complexity index is 1210. The molecule has 186 valence electrons. The quantitative estimate of drug-likeness (QED) is 0.400. The molecule has 0 spiro atoms. The molecule has 3 N–H and O–H groups in total. The van der Waals surface area contributed by atoms with E-state index in [1.807, 2.05) is 0 Å². The molecule has 3 rings (SSSR count). The fourth-order valence-corrected chi connectivity index (χ4v) is 3.76. The molecule has 35 heavy (non-hydrogen) atoms. The van der Waals surface area contributed by atoms with Crippen LogP contribution >= 0.6 is 0 Å². The Morgan fingerprint density at radius 2 is 1.71 bits per heavy atom. The number of methoxy groups -OCH3 is 2. The summed E-state index contributed by atoms with van der Waals surface area (Å²) in [7, 11) is 2.78. The Morgan fingerprint density at radius 1 is 1.03 bits per heavy atom. The van der Waals surface area contributed by atoms with Crippen LogP contribution in [0.4, 0.5) is 0 Å². The predicted octanol–water partition coefficient (Wildman–Crippen LogP) is 3.11. The topological polar surface area (TPSA) is 127 Å². The second kappa shape index (κ2) is 10.9. The molecule has 9 nitrogen and oxygen atoms in total. The van der Waals surface area contributed by atoms with Gasteiger partial charge in [0.05, 0.1) is 14.2 Å². The Morgan fingerprint density at radius 3 is 2.31 bits per heavy atom. The number of ether oxygens (including phenoxy) is 2. The van der Waals surface area contributed by atoms with Crippen LogP contribution in [0.1, 0.15) is 35.5 Å². The van der Waals surface area contributed by atoms with Crippen molar-refractivity contribution in [2.45, 2.75) is 39.3 Å². The zero-order valence-corrected chi connectivity index (χ0v) is 20.4. The highest BCUT2D eigenvalue weighted by molar-refractivity contribution is 6.01. The summed E-state index contributed by atoms with van der Waals surface area (Å²) < 4.78 is 15.8.